The van der Waals surface area contributed by atoms with Gasteiger partial charge in [-0.1, -0.05) is 11.6 Å². The SMILES string of the molecule is O=C(CNc1cc(F)cc(Cl)c1)N1CCC[C@@H](Oc2ncnc3[nH]ccc23)C1. The quantitative estimate of drug-likeness (QED) is 0.683. The fourth-order valence-electron chi connectivity index (χ4n) is 3.31. The maximum atomic E-state index is 13.4. The molecule has 1 fully saturated rings. The van der Waals surface area contributed by atoms with E-state index in [1.807, 2.05) is 6.07 Å². The van der Waals surface area contributed by atoms with Crippen LogP contribution in [-0.4, -0.2) is 51.5 Å². The van der Waals surface area contributed by atoms with E-state index < -0.39 is 5.82 Å². The molecule has 1 aliphatic rings. The molecule has 0 aliphatic carbocycles. The second-order valence-electron chi connectivity index (χ2n) is 6.65. The van der Waals surface area contributed by atoms with Crippen LogP contribution in [0.25, 0.3) is 11.0 Å². The van der Waals surface area contributed by atoms with Crippen molar-refractivity contribution in [2.75, 3.05) is 25.0 Å². The molecule has 9 heteroatoms. The summed E-state index contributed by atoms with van der Waals surface area (Å²) in [4.78, 5) is 25.7. The Labute approximate surface area is 165 Å². The predicted octanol–water partition coefficient (Wildman–Crippen LogP) is 3.23. The Bertz CT molecular complexity index is 975. The highest BCUT2D eigenvalue weighted by Gasteiger charge is 2.25. The zero-order chi connectivity index (χ0) is 19.5. The lowest BCUT2D eigenvalue weighted by molar-refractivity contribution is -0.131. The van der Waals surface area contributed by atoms with E-state index in [4.69, 9.17) is 16.3 Å². The summed E-state index contributed by atoms with van der Waals surface area (Å²) in [6, 6.07) is 5.97. The number of ether oxygens (including phenoxy) is 1. The average molecular weight is 404 g/mol. The number of carbonyl (C=O) groups is 1. The Morgan fingerprint density at radius 1 is 1.39 bits per heavy atom. The van der Waals surface area contributed by atoms with Gasteiger partial charge in [0.05, 0.1) is 18.5 Å². The first-order valence-corrected chi connectivity index (χ1v) is 9.39. The van der Waals surface area contributed by atoms with Gasteiger partial charge in [-0.2, -0.15) is 0 Å². The van der Waals surface area contributed by atoms with Crippen molar-refractivity contribution in [1.82, 2.24) is 19.9 Å². The van der Waals surface area contributed by atoms with Crippen molar-refractivity contribution in [2.45, 2.75) is 18.9 Å². The second kappa shape index (κ2) is 8.02. The molecule has 0 saturated carbocycles. The van der Waals surface area contributed by atoms with E-state index in [0.29, 0.717) is 30.3 Å². The number of rotatable bonds is 5. The highest BCUT2D eigenvalue weighted by molar-refractivity contribution is 6.30. The van der Waals surface area contributed by atoms with Crippen LogP contribution in [0, 0.1) is 5.82 Å². The zero-order valence-corrected chi connectivity index (χ0v) is 15.7. The molecule has 28 heavy (non-hydrogen) atoms. The number of aromatic nitrogens is 3. The number of hydrogen-bond acceptors (Lipinski definition) is 5. The number of nitrogens with one attached hydrogen (secondary N) is 2. The minimum atomic E-state index is -0.449. The summed E-state index contributed by atoms with van der Waals surface area (Å²) in [5.74, 6) is -0.0175. The van der Waals surface area contributed by atoms with E-state index in [9.17, 15) is 9.18 Å². The van der Waals surface area contributed by atoms with Gasteiger partial charge >= 0.3 is 0 Å². The fourth-order valence-corrected chi connectivity index (χ4v) is 3.53. The minimum absolute atomic E-state index is 0.0576. The average Bonchev–Trinajstić information content (AvgIpc) is 3.15. The standard InChI is InChI=1S/C19H19ClFN5O2/c20-12-6-13(21)8-14(7-12)23-9-17(27)26-5-1-2-15(10-26)28-19-16-3-4-22-18(16)24-11-25-19/h3-4,6-8,11,15,23H,1-2,5,9-10H2,(H,22,24,25)/t15-/m1/s1. The summed E-state index contributed by atoms with van der Waals surface area (Å²) in [6.45, 7) is 1.19. The topological polar surface area (TPSA) is 83.1 Å². The number of aromatic amines is 1. The molecular weight excluding hydrogens is 385 g/mol. The van der Waals surface area contributed by atoms with Crippen molar-refractivity contribution in [3.05, 3.63) is 47.6 Å². The van der Waals surface area contributed by atoms with Gasteiger partial charge in [0.25, 0.3) is 0 Å². The number of halogens is 2. The van der Waals surface area contributed by atoms with Crippen LogP contribution in [0.3, 0.4) is 0 Å². The van der Waals surface area contributed by atoms with Gasteiger partial charge in [0, 0.05) is 23.5 Å². The first kappa shape index (κ1) is 18.5. The summed E-state index contributed by atoms with van der Waals surface area (Å²) in [5, 5.41) is 4.02. The number of nitrogens with zero attached hydrogens (tertiary/aromatic N) is 3. The zero-order valence-electron chi connectivity index (χ0n) is 15.0. The van der Waals surface area contributed by atoms with Crippen LogP contribution in [0.5, 0.6) is 5.88 Å². The molecule has 2 aromatic heterocycles. The summed E-state index contributed by atoms with van der Waals surface area (Å²) in [5.41, 5.74) is 1.19. The predicted molar refractivity (Wildman–Crippen MR) is 104 cm³/mol. The molecule has 3 aromatic rings. The molecule has 0 unspecified atom stereocenters. The Morgan fingerprint density at radius 2 is 2.29 bits per heavy atom. The number of amides is 1. The highest BCUT2D eigenvalue weighted by atomic mass is 35.5. The number of anilines is 1. The van der Waals surface area contributed by atoms with Crippen LogP contribution >= 0.6 is 11.6 Å². The van der Waals surface area contributed by atoms with Gasteiger partial charge in [-0.05, 0) is 37.1 Å². The van der Waals surface area contributed by atoms with E-state index in [-0.39, 0.29) is 23.6 Å². The maximum Gasteiger partial charge on any atom is 0.241 e. The van der Waals surface area contributed by atoms with Crippen molar-refractivity contribution in [2.24, 2.45) is 0 Å². The number of benzene rings is 1. The smallest absolute Gasteiger partial charge is 0.241 e. The van der Waals surface area contributed by atoms with Gasteiger partial charge in [-0.25, -0.2) is 14.4 Å². The summed E-state index contributed by atoms with van der Waals surface area (Å²) < 4.78 is 19.5. The number of H-pyrrole nitrogens is 1. The Hall–Kier alpha value is -2.87. The molecule has 1 aromatic carbocycles. The van der Waals surface area contributed by atoms with Crippen molar-refractivity contribution in [3.8, 4) is 5.88 Å². The van der Waals surface area contributed by atoms with Crippen LogP contribution in [0.4, 0.5) is 10.1 Å². The van der Waals surface area contributed by atoms with E-state index in [2.05, 4.69) is 20.3 Å². The Kier molecular flexibility index (Phi) is 5.29. The van der Waals surface area contributed by atoms with E-state index in [0.717, 1.165) is 18.2 Å². The van der Waals surface area contributed by atoms with Gasteiger partial charge in [0.15, 0.2) is 0 Å². The van der Waals surface area contributed by atoms with E-state index >= 15 is 0 Å². The van der Waals surface area contributed by atoms with Crippen LogP contribution < -0.4 is 10.1 Å². The molecule has 1 saturated heterocycles. The first-order chi connectivity index (χ1) is 13.6. The van der Waals surface area contributed by atoms with Crippen LogP contribution in [0.1, 0.15) is 12.8 Å². The molecule has 146 valence electrons. The van der Waals surface area contributed by atoms with Crippen molar-refractivity contribution in [3.63, 3.8) is 0 Å². The van der Waals surface area contributed by atoms with Crippen molar-refractivity contribution >= 4 is 34.2 Å². The normalized spacial score (nSPS) is 16.9. The van der Waals surface area contributed by atoms with Gasteiger partial charge in [-0.3, -0.25) is 4.79 Å². The first-order valence-electron chi connectivity index (χ1n) is 9.01. The molecule has 0 spiro atoms. The summed E-state index contributed by atoms with van der Waals surface area (Å²) >= 11 is 5.84. The van der Waals surface area contributed by atoms with Gasteiger partial charge < -0.3 is 19.9 Å². The number of carbonyl (C=O) groups excluding carboxylic acids is 1. The number of fused-ring (bicyclic) bond motifs is 1. The molecule has 0 radical (unpaired) electrons. The minimum Gasteiger partial charge on any atom is -0.472 e. The summed E-state index contributed by atoms with van der Waals surface area (Å²) in [7, 11) is 0. The van der Waals surface area contributed by atoms with Gasteiger partial charge in [0.2, 0.25) is 11.8 Å². The molecule has 0 bridgehead atoms. The molecule has 2 N–H and O–H groups in total. The van der Waals surface area contributed by atoms with E-state index in [1.54, 1.807) is 17.2 Å². The highest BCUT2D eigenvalue weighted by Crippen LogP contribution is 2.24. The largest absolute Gasteiger partial charge is 0.472 e. The Morgan fingerprint density at radius 3 is 3.14 bits per heavy atom. The van der Waals surface area contributed by atoms with E-state index in [1.165, 1.54) is 18.5 Å². The monoisotopic (exact) mass is 403 g/mol. The Balaban J connectivity index is 1.36. The molecular formula is C19H19ClFN5O2. The number of likely N-dealkylation sites (tertiary alicyclic amines) is 1. The van der Waals surface area contributed by atoms with Crippen molar-refractivity contribution < 1.29 is 13.9 Å². The van der Waals surface area contributed by atoms with Crippen LogP contribution in [-0.2, 0) is 4.79 Å². The van der Waals surface area contributed by atoms with Gasteiger partial charge in [-0.15, -0.1) is 0 Å². The molecule has 3 heterocycles. The lowest BCUT2D eigenvalue weighted by Crippen LogP contribution is -2.46. The number of piperidine rings is 1. The lowest BCUT2D eigenvalue weighted by atomic mass is 10.1. The lowest BCUT2D eigenvalue weighted by Gasteiger charge is -2.32. The third kappa shape index (κ3) is 4.17. The fraction of sp³-hybridized carbons (Fsp3) is 0.316. The molecule has 1 amide bonds. The molecule has 4 rings (SSSR count). The summed E-state index contributed by atoms with van der Waals surface area (Å²) in [6.07, 6.45) is 4.77. The maximum absolute atomic E-state index is 13.4. The van der Waals surface area contributed by atoms with Gasteiger partial charge in [0.1, 0.15) is 23.9 Å². The van der Waals surface area contributed by atoms with Crippen molar-refractivity contribution in [1.29, 1.82) is 0 Å². The number of hydrogen-bond donors (Lipinski definition) is 2. The third-order valence-corrected chi connectivity index (χ3v) is 4.85. The molecule has 1 aliphatic heterocycles. The third-order valence-electron chi connectivity index (χ3n) is 4.63. The van der Waals surface area contributed by atoms with Crippen LogP contribution in [0.2, 0.25) is 5.02 Å². The van der Waals surface area contributed by atoms with Crippen LogP contribution in [0.15, 0.2) is 36.8 Å². The second-order valence-corrected chi connectivity index (χ2v) is 7.09. The molecule has 7 nitrogen and oxygen atoms in total. The molecule has 1 atom stereocenters.